The van der Waals surface area contributed by atoms with Gasteiger partial charge in [0.1, 0.15) is 0 Å². The van der Waals surface area contributed by atoms with Gasteiger partial charge in [-0.2, -0.15) is 0 Å². The Morgan fingerprint density at radius 2 is 1.95 bits per heavy atom. The van der Waals surface area contributed by atoms with Crippen LogP contribution in [-0.4, -0.2) is 31.8 Å². The van der Waals surface area contributed by atoms with Gasteiger partial charge in [0.25, 0.3) is 0 Å². The molecule has 2 amide bonds. The number of rotatable bonds is 5. The quantitative estimate of drug-likeness (QED) is 0.821. The molecule has 0 unspecified atom stereocenters. The molecule has 0 aromatic heterocycles. The van der Waals surface area contributed by atoms with Crippen LogP contribution in [0, 0.1) is 0 Å². The van der Waals surface area contributed by atoms with Crippen LogP contribution in [0.3, 0.4) is 0 Å². The molecule has 1 fully saturated rings. The number of amides is 2. The van der Waals surface area contributed by atoms with Crippen molar-refractivity contribution in [3.8, 4) is 0 Å². The predicted molar refractivity (Wildman–Crippen MR) is 80.1 cm³/mol. The molecule has 0 spiro atoms. The molecule has 1 aromatic carbocycles. The standard InChI is InChI=1S/C15H21ClN2O2/c16-13-5-3-12(4-6-13)2-1-9-17-15(19)18-14-7-10-20-11-8-14/h3-6,14H,1-2,7-11H2,(H2,17,18,19). The van der Waals surface area contributed by atoms with Crippen LogP contribution in [0.1, 0.15) is 24.8 Å². The molecule has 1 saturated heterocycles. The largest absolute Gasteiger partial charge is 0.381 e. The number of halogens is 1. The summed E-state index contributed by atoms with van der Waals surface area (Å²) >= 11 is 5.83. The smallest absolute Gasteiger partial charge is 0.315 e. The Balaban J connectivity index is 1.58. The van der Waals surface area contributed by atoms with Crippen LogP contribution in [0.25, 0.3) is 0 Å². The average Bonchev–Trinajstić information content (AvgIpc) is 2.46. The zero-order chi connectivity index (χ0) is 14.2. The lowest BCUT2D eigenvalue weighted by atomic mass is 10.1. The van der Waals surface area contributed by atoms with Gasteiger partial charge in [0, 0.05) is 30.8 Å². The minimum Gasteiger partial charge on any atom is -0.381 e. The van der Waals surface area contributed by atoms with Crippen molar-refractivity contribution in [2.75, 3.05) is 19.8 Å². The summed E-state index contributed by atoms with van der Waals surface area (Å²) in [5.41, 5.74) is 1.24. The molecule has 1 aliphatic rings. The van der Waals surface area contributed by atoms with Crippen LogP contribution in [0.2, 0.25) is 5.02 Å². The van der Waals surface area contributed by atoms with Gasteiger partial charge in [0.15, 0.2) is 0 Å². The molecule has 4 nitrogen and oxygen atoms in total. The van der Waals surface area contributed by atoms with Gasteiger partial charge in [-0.3, -0.25) is 0 Å². The number of benzene rings is 1. The second kappa shape index (κ2) is 8.12. The van der Waals surface area contributed by atoms with Gasteiger partial charge in [0.05, 0.1) is 0 Å². The second-order valence-corrected chi connectivity index (χ2v) is 5.45. The summed E-state index contributed by atoms with van der Waals surface area (Å²) in [5.74, 6) is 0. The molecule has 0 aliphatic carbocycles. The van der Waals surface area contributed by atoms with Gasteiger partial charge in [-0.15, -0.1) is 0 Å². The number of hydrogen-bond acceptors (Lipinski definition) is 2. The number of carbonyl (C=O) groups excluding carboxylic acids is 1. The molecule has 0 bridgehead atoms. The van der Waals surface area contributed by atoms with Crippen molar-refractivity contribution in [3.63, 3.8) is 0 Å². The minimum atomic E-state index is -0.0759. The highest BCUT2D eigenvalue weighted by Crippen LogP contribution is 2.10. The Morgan fingerprint density at radius 3 is 2.65 bits per heavy atom. The molecule has 2 N–H and O–H groups in total. The van der Waals surface area contributed by atoms with E-state index in [0.717, 1.165) is 43.9 Å². The van der Waals surface area contributed by atoms with E-state index < -0.39 is 0 Å². The molecular weight excluding hydrogens is 276 g/mol. The Bertz CT molecular complexity index is 416. The van der Waals surface area contributed by atoms with E-state index in [0.29, 0.717) is 6.54 Å². The van der Waals surface area contributed by atoms with E-state index in [1.54, 1.807) is 0 Å². The zero-order valence-corrected chi connectivity index (χ0v) is 12.3. The van der Waals surface area contributed by atoms with E-state index in [1.165, 1.54) is 5.56 Å². The molecule has 0 atom stereocenters. The molecule has 2 rings (SSSR count). The summed E-state index contributed by atoms with van der Waals surface area (Å²) in [6.07, 6.45) is 3.66. The monoisotopic (exact) mass is 296 g/mol. The van der Waals surface area contributed by atoms with Crippen LogP contribution in [-0.2, 0) is 11.2 Å². The summed E-state index contributed by atoms with van der Waals surface area (Å²) < 4.78 is 5.26. The molecular formula is C15H21ClN2O2. The maximum Gasteiger partial charge on any atom is 0.315 e. The molecule has 1 heterocycles. The van der Waals surface area contributed by atoms with Crippen LogP contribution < -0.4 is 10.6 Å². The highest BCUT2D eigenvalue weighted by Gasteiger charge is 2.15. The molecule has 0 radical (unpaired) electrons. The number of aryl methyl sites for hydroxylation is 1. The lowest BCUT2D eigenvalue weighted by molar-refractivity contribution is 0.0801. The lowest BCUT2D eigenvalue weighted by Crippen LogP contribution is -2.44. The third-order valence-corrected chi connectivity index (χ3v) is 3.65. The number of hydrogen-bond donors (Lipinski definition) is 2. The summed E-state index contributed by atoms with van der Waals surface area (Å²) in [4.78, 5) is 11.7. The maximum atomic E-state index is 11.7. The summed E-state index contributed by atoms with van der Waals surface area (Å²) in [6, 6.07) is 7.99. The maximum absolute atomic E-state index is 11.7. The van der Waals surface area contributed by atoms with Crippen molar-refractivity contribution in [1.29, 1.82) is 0 Å². The predicted octanol–water partition coefficient (Wildman–Crippen LogP) is 2.75. The first-order chi connectivity index (χ1) is 9.74. The fourth-order valence-electron chi connectivity index (χ4n) is 2.22. The van der Waals surface area contributed by atoms with Gasteiger partial charge in [0.2, 0.25) is 0 Å². The first-order valence-corrected chi connectivity index (χ1v) is 7.48. The molecule has 1 aliphatic heterocycles. The van der Waals surface area contributed by atoms with Gasteiger partial charge >= 0.3 is 6.03 Å². The third kappa shape index (κ3) is 5.39. The topological polar surface area (TPSA) is 50.4 Å². The van der Waals surface area contributed by atoms with Gasteiger partial charge in [-0.1, -0.05) is 23.7 Å². The summed E-state index contributed by atoms with van der Waals surface area (Å²) in [5, 5.41) is 6.62. The average molecular weight is 297 g/mol. The Labute approximate surface area is 124 Å². The van der Waals surface area contributed by atoms with Crippen LogP contribution in [0.4, 0.5) is 4.79 Å². The van der Waals surface area contributed by atoms with Crippen molar-refractivity contribution < 1.29 is 9.53 Å². The first-order valence-electron chi connectivity index (χ1n) is 7.10. The first kappa shape index (κ1) is 15.1. The minimum absolute atomic E-state index is 0.0759. The van der Waals surface area contributed by atoms with Gasteiger partial charge in [-0.25, -0.2) is 4.79 Å². The van der Waals surface area contributed by atoms with Crippen LogP contribution in [0.15, 0.2) is 24.3 Å². The van der Waals surface area contributed by atoms with E-state index >= 15 is 0 Å². The Morgan fingerprint density at radius 1 is 1.25 bits per heavy atom. The molecule has 20 heavy (non-hydrogen) atoms. The molecule has 0 saturated carbocycles. The number of carbonyl (C=O) groups is 1. The highest BCUT2D eigenvalue weighted by molar-refractivity contribution is 6.30. The number of urea groups is 1. The van der Waals surface area contributed by atoms with Crippen molar-refractivity contribution in [3.05, 3.63) is 34.9 Å². The lowest BCUT2D eigenvalue weighted by Gasteiger charge is -2.23. The van der Waals surface area contributed by atoms with E-state index in [1.807, 2.05) is 24.3 Å². The normalized spacial score (nSPS) is 15.8. The van der Waals surface area contributed by atoms with Crippen LogP contribution in [0.5, 0.6) is 0 Å². The third-order valence-electron chi connectivity index (χ3n) is 3.40. The van der Waals surface area contributed by atoms with Crippen molar-refractivity contribution in [2.24, 2.45) is 0 Å². The van der Waals surface area contributed by atoms with E-state index in [9.17, 15) is 4.79 Å². The number of ether oxygens (including phenoxy) is 1. The van der Waals surface area contributed by atoms with Crippen molar-refractivity contribution in [2.45, 2.75) is 31.7 Å². The molecule has 110 valence electrons. The fraction of sp³-hybridized carbons (Fsp3) is 0.533. The van der Waals surface area contributed by atoms with E-state index in [-0.39, 0.29) is 12.1 Å². The SMILES string of the molecule is O=C(NCCCc1ccc(Cl)cc1)NC1CCOCC1. The van der Waals surface area contributed by atoms with Crippen molar-refractivity contribution in [1.82, 2.24) is 10.6 Å². The number of nitrogens with one attached hydrogen (secondary N) is 2. The fourth-order valence-corrected chi connectivity index (χ4v) is 2.35. The molecule has 5 heteroatoms. The van der Waals surface area contributed by atoms with Gasteiger partial charge in [-0.05, 0) is 43.4 Å². The Kier molecular flexibility index (Phi) is 6.15. The van der Waals surface area contributed by atoms with Crippen LogP contribution >= 0.6 is 11.6 Å². The highest BCUT2D eigenvalue weighted by atomic mass is 35.5. The second-order valence-electron chi connectivity index (χ2n) is 5.02. The summed E-state index contributed by atoms with van der Waals surface area (Å²) in [6.45, 7) is 2.15. The van der Waals surface area contributed by atoms with E-state index in [4.69, 9.17) is 16.3 Å². The van der Waals surface area contributed by atoms with E-state index in [2.05, 4.69) is 10.6 Å². The summed E-state index contributed by atoms with van der Waals surface area (Å²) in [7, 11) is 0. The Hall–Kier alpha value is -1.26. The zero-order valence-electron chi connectivity index (χ0n) is 11.5. The van der Waals surface area contributed by atoms with Gasteiger partial charge < -0.3 is 15.4 Å². The molecule has 1 aromatic rings. The van der Waals surface area contributed by atoms with Crippen molar-refractivity contribution >= 4 is 17.6 Å².